The largest absolute Gasteiger partial charge is 0.419 e. The highest BCUT2D eigenvalue weighted by molar-refractivity contribution is 5.73. The highest BCUT2D eigenvalue weighted by atomic mass is 16.4. The third-order valence-electron chi connectivity index (χ3n) is 3.94. The molecule has 1 atom stereocenters. The quantitative estimate of drug-likeness (QED) is 0.898. The van der Waals surface area contributed by atoms with E-state index in [4.69, 9.17) is 4.42 Å². The molecule has 0 bridgehead atoms. The van der Waals surface area contributed by atoms with Gasteiger partial charge in [0.1, 0.15) is 0 Å². The molecule has 0 aliphatic heterocycles. The summed E-state index contributed by atoms with van der Waals surface area (Å²) in [4.78, 5) is 11.5. The van der Waals surface area contributed by atoms with E-state index in [2.05, 4.69) is 18.3 Å². The molecule has 2 aromatic rings. The third kappa shape index (κ3) is 2.45. The first kappa shape index (κ1) is 12.5. The lowest BCUT2D eigenvalue weighted by Crippen LogP contribution is -2.21. The van der Waals surface area contributed by atoms with Crippen LogP contribution in [0.15, 0.2) is 27.4 Å². The molecule has 19 heavy (non-hydrogen) atoms. The molecule has 3 rings (SSSR count). The van der Waals surface area contributed by atoms with E-state index in [0.29, 0.717) is 11.6 Å². The molecule has 1 aromatic carbocycles. The Morgan fingerprint density at radius 3 is 2.95 bits per heavy atom. The van der Waals surface area contributed by atoms with Crippen molar-refractivity contribution in [3.8, 4) is 0 Å². The van der Waals surface area contributed by atoms with Gasteiger partial charge < -0.3 is 9.73 Å². The van der Waals surface area contributed by atoms with E-state index in [1.165, 1.54) is 24.8 Å². The third-order valence-corrected chi connectivity index (χ3v) is 3.94. The fourth-order valence-corrected chi connectivity index (χ4v) is 2.64. The highest BCUT2D eigenvalue weighted by Crippen LogP contribution is 2.38. The van der Waals surface area contributed by atoms with E-state index in [1.807, 2.05) is 12.1 Å². The summed E-state index contributed by atoms with van der Waals surface area (Å²) in [5.41, 5.74) is 2.76. The average Bonchev–Trinajstić information content (AvgIpc) is 3.16. The summed E-state index contributed by atoms with van der Waals surface area (Å²) in [5, 5.41) is 3.53. The van der Waals surface area contributed by atoms with Gasteiger partial charge >= 0.3 is 5.76 Å². The van der Waals surface area contributed by atoms with Crippen molar-refractivity contribution in [2.24, 2.45) is 13.0 Å². The first-order valence-corrected chi connectivity index (χ1v) is 7.02. The first-order valence-electron chi connectivity index (χ1n) is 7.02. The van der Waals surface area contributed by atoms with Crippen LogP contribution >= 0.6 is 0 Å². The fraction of sp³-hybridized carbons (Fsp3) is 0.533. The molecule has 1 unspecified atom stereocenters. The van der Waals surface area contributed by atoms with Gasteiger partial charge in [-0.3, -0.25) is 4.57 Å². The lowest BCUT2D eigenvalue weighted by atomic mass is 10.0. The van der Waals surface area contributed by atoms with Gasteiger partial charge in [0.2, 0.25) is 0 Å². The minimum Gasteiger partial charge on any atom is -0.408 e. The summed E-state index contributed by atoms with van der Waals surface area (Å²) in [7, 11) is 1.74. The summed E-state index contributed by atoms with van der Waals surface area (Å²) in [5.74, 6) is 0.567. The number of benzene rings is 1. The van der Waals surface area contributed by atoms with E-state index >= 15 is 0 Å². The molecule has 1 aliphatic rings. The molecule has 1 aliphatic carbocycles. The van der Waals surface area contributed by atoms with Gasteiger partial charge in [0.25, 0.3) is 0 Å². The molecule has 1 N–H and O–H groups in total. The van der Waals surface area contributed by atoms with Crippen LogP contribution in [0, 0.1) is 5.92 Å². The standard InChI is InChI=1S/C15H20N2O2/c1-3-16-12(8-10-4-5-10)11-6-7-13-14(9-11)19-15(18)17(13)2/h6-7,9-10,12,16H,3-5,8H2,1-2H3. The van der Waals surface area contributed by atoms with E-state index in [9.17, 15) is 4.79 Å². The smallest absolute Gasteiger partial charge is 0.408 e. The second-order valence-corrected chi connectivity index (χ2v) is 5.44. The van der Waals surface area contributed by atoms with Crippen molar-refractivity contribution in [1.82, 2.24) is 9.88 Å². The van der Waals surface area contributed by atoms with E-state index in [1.54, 1.807) is 11.6 Å². The number of rotatable bonds is 5. The fourth-order valence-electron chi connectivity index (χ4n) is 2.64. The zero-order valence-corrected chi connectivity index (χ0v) is 11.5. The lowest BCUT2D eigenvalue weighted by molar-refractivity contribution is 0.485. The summed E-state index contributed by atoms with van der Waals surface area (Å²) in [6, 6.07) is 6.46. The SMILES string of the molecule is CCNC(CC1CC1)c1ccc2c(c1)oc(=O)n2C. The van der Waals surface area contributed by atoms with Gasteiger partial charge in [-0.25, -0.2) is 4.79 Å². The number of hydrogen-bond donors (Lipinski definition) is 1. The molecule has 0 saturated heterocycles. The maximum absolute atomic E-state index is 11.5. The number of nitrogens with one attached hydrogen (secondary N) is 1. The van der Waals surface area contributed by atoms with E-state index in [0.717, 1.165) is 18.0 Å². The Morgan fingerprint density at radius 1 is 1.47 bits per heavy atom. The second kappa shape index (κ2) is 4.85. The molecule has 4 nitrogen and oxygen atoms in total. The van der Waals surface area contributed by atoms with Crippen LogP contribution < -0.4 is 11.1 Å². The van der Waals surface area contributed by atoms with Crippen molar-refractivity contribution in [1.29, 1.82) is 0 Å². The molecule has 1 aromatic heterocycles. The van der Waals surface area contributed by atoms with Crippen molar-refractivity contribution in [3.05, 3.63) is 34.3 Å². The van der Waals surface area contributed by atoms with Gasteiger partial charge in [-0.05, 0) is 36.6 Å². The molecule has 0 radical (unpaired) electrons. The summed E-state index contributed by atoms with van der Waals surface area (Å²) >= 11 is 0. The van der Waals surface area contributed by atoms with Crippen LogP contribution in [0.5, 0.6) is 0 Å². The van der Waals surface area contributed by atoms with E-state index in [-0.39, 0.29) is 5.76 Å². The predicted octanol–water partition coefficient (Wildman–Crippen LogP) is 2.58. The van der Waals surface area contributed by atoms with Crippen LogP contribution in [0.1, 0.15) is 37.8 Å². The Balaban J connectivity index is 1.95. The normalized spacial score (nSPS) is 16.9. The zero-order chi connectivity index (χ0) is 13.4. The minimum atomic E-state index is -0.297. The summed E-state index contributed by atoms with van der Waals surface area (Å²) < 4.78 is 6.81. The molecular weight excluding hydrogens is 240 g/mol. The molecule has 1 saturated carbocycles. The van der Waals surface area contributed by atoms with Crippen LogP contribution in [-0.4, -0.2) is 11.1 Å². The van der Waals surface area contributed by atoms with Crippen molar-refractivity contribution in [2.45, 2.75) is 32.2 Å². The number of oxazole rings is 1. The summed E-state index contributed by atoms with van der Waals surface area (Å²) in [6.07, 6.45) is 3.88. The number of fused-ring (bicyclic) bond motifs is 1. The molecule has 1 fully saturated rings. The van der Waals surface area contributed by atoms with Crippen molar-refractivity contribution in [3.63, 3.8) is 0 Å². The number of hydrogen-bond acceptors (Lipinski definition) is 3. The van der Waals surface area contributed by atoms with Gasteiger partial charge in [-0.1, -0.05) is 25.8 Å². The molecule has 0 amide bonds. The van der Waals surface area contributed by atoms with Crippen LogP contribution in [0.3, 0.4) is 0 Å². The predicted molar refractivity (Wildman–Crippen MR) is 75.2 cm³/mol. The van der Waals surface area contributed by atoms with Gasteiger partial charge in [-0.2, -0.15) is 0 Å². The van der Waals surface area contributed by atoms with Crippen LogP contribution in [0.25, 0.3) is 11.1 Å². The Kier molecular flexibility index (Phi) is 3.19. The molecule has 1 heterocycles. The van der Waals surface area contributed by atoms with Gasteiger partial charge in [-0.15, -0.1) is 0 Å². The molecule has 0 spiro atoms. The number of nitrogens with zero attached hydrogens (tertiary/aromatic N) is 1. The van der Waals surface area contributed by atoms with Gasteiger partial charge in [0.15, 0.2) is 5.58 Å². The van der Waals surface area contributed by atoms with E-state index < -0.39 is 0 Å². The lowest BCUT2D eigenvalue weighted by Gasteiger charge is -2.18. The van der Waals surface area contributed by atoms with Gasteiger partial charge in [0, 0.05) is 13.1 Å². The van der Waals surface area contributed by atoms with Crippen molar-refractivity contribution >= 4 is 11.1 Å². The van der Waals surface area contributed by atoms with Crippen LogP contribution in [-0.2, 0) is 7.05 Å². The Bertz CT molecular complexity index is 637. The van der Waals surface area contributed by atoms with Gasteiger partial charge in [0.05, 0.1) is 5.52 Å². The van der Waals surface area contributed by atoms with Crippen molar-refractivity contribution < 1.29 is 4.42 Å². The topological polar surface area (TPSA) is 47.2 Å². The average molecular weight is 260 g/mol. The number of aromatic nitrogens is 1. The maximum atomic E-state index is 11.5. The maximum Gasteiger partial charge on any atom is 0.419 e. The molecule has 102 valence electrons. The molecular formula is C15H20N2O2. The first-order chi connectivity index (χ1) is 9.19. The van der Waals surface area contributed by atoms with Crippen molar-refractivity contribution in [2.75, 3.05) is 6.54 Å². The monoisotopic (exact) mass is 260 g/mol. The minimum absolute atomic E-state index is 0.297. The Labute approximate surface area is 112 Å². The van der Waals surface area contributed by atoms with Crippen LogP contribution in [0.2, 0.25) is 0 Å². The number of aryl methyl sites for hydroxylation is 1. The molecule has 4 heteroatoms. The Morgan fingerprint density at radius 2 is 2.26 bits per heavy atom. The van der Waals surface area contributed by atoms with Crippen LogP contribution in [0.4, 0.5) is 0 Å². The highest BCUT2D eigenvalue weighted by Gasteiger charge is 2.26. The second-order valence-electron chi connectivity index (χ2n) is 5.44. The Hall–Kier alpha value is -1.55. The zero-order valence-electron chi connectivity index (χ0n) is 11.5. The summed E-state index contributed by atoms with van der Waals surface area (Å²) in [6.45, 7) is 3.08.